The van der Waals surface area contributed by atoms with Crippen LogP contribution in [0.25, 0.3) is 0 Å². The van der Waals surface area contributed by atoms with Gasteiger partial charge in [-0.1, -0.05) is 0 Å². The van der Waals surface area contributed by atoms with Gasteiger partial charge in [-0.05, 0) is 31.5 Å². The third-order valence-electron chi connectivity index (χ3n) is 4.42. The molecule has 0 spiro atoms. The maximum Gasteiger partial charge on any atom is 0.228 e. The highest BCUT2D eigenvalue weighted by Gasteiger charge is 2.21. The molecular weight excluding hydrogens is 356 g/mol. The summed E-state index contributed by atoms with van der Waals surface area (Å²) in [6, 6.07) is 3.91. The van der Waals surface area contributed by atoms with Crippen LogP contribution in [-0.2, 0) is 4.74 Å². The van der Waals surface area contributed by atoms with E-state index in [1.54, 1.807) is 20.2 Å². The van der Waals surface area contributed by atoms with E-state index in [0.29, 0.717) is 47.8 Å². The Morgan fingerprint density at radius 2 is 2.11 bits per heavy atom. The van der Waals surface area contributed by atoms with Crippen LogP contribution in [0.4, 0.5) is 23.3 Å². The van der Waals surface area contributed by atoms with E-state index >= 15 is 0 Å². The van der Waals surface area contributed by atoms with Gasteiger partial charge in [-0.15, -0.1) is 0 Å². The summed E-state index contributed by atoms with van der Waals surface area (Å²) in [5, 5.41) is 18.2. The molecule has 0 bridgehead atoms. The number of piperazine rings is 1. The minimum atomic E-state index is 0.374. The molecule has 9 heteroatoms. The van der Waals surface area contributed by atoms with Crippen LogP contribution < -0.4 is 20.9 Å². The smallest absolute Gasteiger partial charge is 0.228 e. The molecule has 28 heavy (non-hydrogen) atoms. The molecule has 0 radical (unpaired) electrons. The Labute approximate surface area is 165 Å². The largest absolute Gasteiger partial charge is 0.383 e. The average molecular weight is 384 g/mol. The molecule has 3 heterocycles. The van der Waals surface area contributed by atoms with Gasteiger partial charge < -0.3 is 31.0 Å². The molecule has 0 atom stereocenters. The number of nitrogens with one attached hydrogen (secondary N) is 4. The average Bonchev–Trinajstić information content (AvgIpc) is 2.69. The predicted molar refractivity (Wildman–Crippen MR) is 112 cm³/mol. The first-order chi connectivity index (χ1) is 13.6. The van der Waals surface area contributed by atoms with Crippen LogP contribution >= 0.6 is 0 Å². The molecule has 0 saturated carbocycles. The molecule has 9 nitrogen and oxygen atoms in total. The number of hydrogen-bond donors (Lipinski definition) is 4. The molecule has 0 aliphatic carbocycles. The quantitative estimate of drug-likeness (QED) is 0.403. The Hall–Kier alpha value is -2.78. The lowest BCUT2D eigenvalue weighted by Crippen LogP contribution is -2.44. The lowest BCUT2D eigenvalue weighted by atomic mass is 10.2. The van der Waals surface area contributed by atoms with Crippen molar-refractivity contribution in [3.05, 3.63) is 29.6 Å². The minimum Gasteiger partial charge on any atom is -0.383 e. The Kier molecular flexibility index (Phi) is 6.72. The first-order valence-electron chi connectivity index (χ1n) is 9.44. The second-order valence-electron chi connectivity index (χ2n) is 6.72. The van der Waals surface area contributed by atoms with Crippen molar-refractivity contribution in [2.24, 2.45) is 0 Å². The van der Waals surface area contributed by atoms with Gasteiger partial charge in [0.25, 0.3) is 0 Å². The Morgan fingerprint density at radius 3 is 2.79 bits per heavy atom. The summed E-state index contributed by atoms with van der Waals surface area (Å²) in [6.07, 6.45) is 1.76. The monoisotopic (exact) mass is 384 g/mol. The maximum absolute atomic E-state index is 8.24. The highest BCUT2D eigenvalue weighted by atomic mass is 16.5. The summed E-state index contributed by atoms with van der Waals surface area (Å²) in [4.78, 5) is 16.0. The summed E-state index contributed by atoms with van der Waals surface area (Å²) < 4.78 is 5.15. The highest BCUT2D eigenvalue weighted by Crippen LogP contribution is 2.29. The lowest BCUT2D eigenvalue weighted by molar-refractivity contribution is 0.211. The third-order valence-corrected chi connectivity index (χ3v) is 4.42. The van der Waals surface area contributed by atoms with Crippen molar-refractivity contribution in [1.29, 1.82) is 5.41 Å². The van der Waals surface area contributed by atoms with Crippen LogP contribution in [0.15, 0.2) is 18.3 Å². The van der Waals surface area contributed by atoms with Gasteiger partial charge in [-0.3, -0.25) is 0 Å². The zero-order valence-electron chi connectivity index (χ0n) is 16.7. The fourth-order valence-electron chi connectivity index (χ4n) is 2.99. The number of aromatic nitrogens is 3. The molecule has 1 fully saturated rings. The number of hydrogen-bond acceptors (Lipinski definition) is 9. The van der Waals surface area contributed by atoms with Gasteiger partial charge >= 0.3 is 0 Å². The Morgan fingerprint density at radius 1 is 1.32 bits per heavy atom. The standard InChI is InChI=1S/C19H28N8O/c1-13-4-5-22-15(12-13)24-18-17(23-8-11-28-3)16(14(2)20)25-19(26-18)27-9-6-21-7-10-27/h4-5,12,20-21,23H,6-11H2,1-3H3,(H,22,24,25,26). The molecule has 0 amide bonds. The molecule has 2 aromatic heterocycles. The molecule has 0 aromatic carbocycles. The van der Waals surface area contributed by atoms with Crippen molar-refractivity contribution in [3.63, 3.8) is 0 Å². The molecule has 2 aromatic rings. The van der Waals surface area contributed by atoms with Crippen LogP contribution in [0.1, 0.15) is 18.2 Å². The number of anilines is 4. The fraction of sp³-hybridized carbons (Fsp3) is 0.474. The van der Waals surface area contributed by atoms with Crippen LogP contribution in [0.2, 0.25) is 0 Å². The summed E-state index contributed by atoms with van der Waals surface area (Å²) in [6.45, 7) is 8.31. The van der Waals surface area contributed by atoms with Gasteiger partial charge in [0.15, 0.2) is 5.82 Å². The zero-order chi connectivity index (χ0) is 19.9. The topological polar surface area (TPSA) is 111 Å². The van der Waals surface area contributed by atoms with Crippen molar-refractivity contribution in [1.82, 2.24) is 20.3 Å². The summed E-state index contributed by atoms with van der Waals surface area (Å²) in [7, 11) is 1.66. The van der Waals surface area contributed by atoms with Crippen molar-refractivity contribution >= 4 is 29.0 Å². The maximum atomic E-state index is 8.24. The predicted octanol–water partition coefficient (Wildman–Crippen LogP) is 1.78. The van der Waals surface area contributed by atoms with Crippen LogP contribution in [-0.4, -0.2) is 67.1 Å². The van der Waals surface area contributed by atoms with Crippen molar-refractivity contribution in [2.45, 2.75) is 13.8 Å². The molecule has 1 saturated heterocycles. The van der Waals surface area contributed by atoms with E-state index in [0.717, 1.165) is 31.7 Å². The van der Waals surface area contributed by atoms with Gasteiger partial charge in [0, 0.05) is 46.0 Å². The second-order valence-corrected chi connectivity index (χ2v) is 6.72. The van der Waals surface area contributed by atoms with Gasteiger partial charge in [-0.25, -0.2) is 9.97 Å². The number of pyridine rings is 1. The van der Waals surface area contributed by atoms with Crippen molar-refractivity contribution in [2.75, 3.05) is 62.0 Å². The molecule has 150 valence electrons. The molecule has 1 aliphatic heterocycles. The van der Waals surface area contributed by atoms with Gasteiger partial charge in [-0.2, -0.15) is 4.98 Å². The minimum absolute atomic E-state index is 0.374. The van der Waals surface area contributed by atoms with Crippen molar-refractivity contribution < 1.29 is 4.74 Å². The number of methoxy groups -OCH3 is 1. The second kappa shape index (κ2) is 9.43. The van der Waals surface area contributed by atoms with E-state index < -0.39 is 0 Å². The van der Waals surface area contributed by atoms with E-state index in [1.807, 2.05) is 19.1 Å². The van der Waals surface area contributed by atoms with E-state index in [2.05, 4.69) is 25.8 Å². The fourth-order valence-corrected chi connectivity index (χ4v) is 2.99. The van der Waals surface area contributed by atoms with Crippen LogP contribution in [0.5, 0.6) is 0 Å². The summed E-state index contributed by atoms with van der Waals surface area (Å²) >= 11 is 0. The molecule has 4 N–H and O–H groups in total. The molecular formula is C19H28N8O. The van der Waals surface area contributed by atoms with Gasteiger partial charge in [0.1, 0.15) is 17.2 Å². The summed E-state index contributed by atoms with van der Waals surface area (Å²) in [5.74, 6) is 1.93. The Balaban J connectivity index is 2.02. The third kappa shape index (κ3) is 4.93. The molecule has 1 aliphatic rings. The van der Waals surface area contributed by atoms with E-state index in [1.165, 1.54) is 0 Å². The number of aryl methyl sites for hydroxylation is 1. The molecule has 3 rings (SSSR count). The van der Waals surface area contributed by atoms with Crippen LogP contribution in [0, 0.1) is 12.3 Å². The number of ether oxygens (including phenoxy) is 1. The first kappa shape index (κ1) is 20.0. The Bertz CT molecular complexity index is 820. The SMILES string of the molecule is COCCNc1c(Nc2cc(C)ccn2)nc(N2CCNCC2)nc1C(C)=N. The summed E-state index contributed by atoms with van der Waals surface area (Å²) in [5.41, 5.74) is 2.74. The van der Waals surface area contributed by atoms with E-state index in [4.69, 9.17) is 20.1 Å². The van der Waals surface area contributed by atoms with E-state index in [-0.39, 0.29) is 0 Å². The van der Waals surface area contributed by atoms with E-state index in [9.17, 15) is 0 Å². The molecule has 0 unspecified atom stereocenters. The first-order valence-corrected chi connectivity index (χ1v) is 9.44. The number of nitrogens with zero attached hydrogens (tertiary/aromatic N) is 4. The number of rotatable bonds is 8. The van der Waals surface area contributed by atoms with Crippen molar-refractivity contribution in [3.8, 4) is 0 Å². The zero-order valence-corrected chi connectivity index (χ0v) is 16.7. The van der Waals surface area contributed by atoms with Gasteiger partial charge in [0.2, 0.25) is 5.95 Å². The highest BCUT2D eigenvalue weighted by molar-refractivity contribution is 6.02. The van der Waals surface area contributed by atoms with Crippen LogP contribution in [0.3, 0.4) is 0 Å². The van der Waals surface area contributed by atoms with Gasteiger partial charge in [0.05, 0.1) is 12.3 Å². The normalized spacial score (nSPS) is 14.0. The lowest BCUT2D eigenvalue weighted by Gasteiger charge is -2.28.